The number of piperidine rings is 1. The molecule has 2 unspecified atom stereocenters. The number of carboxylic acid groups (broad SMARTS) is 1. The number of alkyl halides is 3. The average molecular weight is 310 g/mol. The third-order valence-electron chi connectivity index (χ3n) is 3.16. The summed E-state index contributed by atoms with van der Waals surface area (Å²) >= 11 is 0. The lowest BCUT2D eigenvalue weighted by atomic mass is 9.90. The molecule has 2 amide bonds. The minimum absolute atomic E-state index is 0.0228. The fourth-order valence-electron chi connectivity index (χ4n) is 2.24. The highest BCUT2D eigenvalue weighted by molar-refractivity contribution is 5.97. The second kappa shape index (κ2) is 6.77. The van der Waals surface area contributed by atoms with Gasteiger partial charge in [-0.3, -0.25) is 14.4 Å². The number of carbonyl (C=O) groups is 3. The molecular formula is C12H17F3N2O4. The van der Waals surface area contributed by atoms with E-state index in [0.717, 1.165) is 0 Å². The Kier molecular flexibility index (Phi) is 5.56. The van der Waals surface area contributed by atoms with Gasteiger partial charge in [-0.2, -0.15) is 13.2 Å². The second-order valence-corrected chi connectivity index (χ2v) is 5.24. The van der Waals surface area contributed by atoms with Crippen LogP contribution in [0.4, 0.5) is 13.2 Å². The van der Waals surface area contributed by atoms with Gasteiger partial charge >= 0.3 is 12.1 Å². The number of hydrogen-bond acceptors (Lipinski definition) is 3. The van der Waals surface area contributed by atoms with Gasteiger partial charge in [0.1, 0.15) is 13.0 Å². The highest BCUT2D eigenvalue weighted by atomic mass is 19.4. The molecule has 1 aliphatic heterocycles. The first kappa shape index (κ1) is 17.3. The summed E-state index contributed by atoms with van der Waals surface area (Å²) in [4.78, 5) is 35.3. The number of rotatable bonds is 4. The van der Waals surface area contributed by atoms with E-state index in [1.807, 2.05) is 0 Å². The molecule has 1 fully saturated rings. The van der Waals surface area contributed by atoms with E-state index in [0.29, 0.717) is 13.0 Å². The Labute approximate surface area is 119 Å². The van der Waals surface area contributed by atoms with Gasteiger partial charge in [0.25, 0.3) is 0 Å². The summed E-state index contributed by atoms with van der Waals surface area (Å²) in [6.07, 6.45) is -4.82. The summed E-state index contributed by atoms with van der Waals surface area (Å²) in [6.45, 7) is 0.562. The molecule has 6 nitrogen and oxygen atoms in total. The predicted molar refractivity (Wildman–Crippen MR) is 65.2 cm³/mol. The molecule has 2 N–H and O–H groups in total. The summed E-state index contributed by atoms with van der Waals surface area (Å²) in [5.41, 5.74) is 0. The van der Waals surface area contributed by atoms with E-state index < -0.39 is 42.8 Å². The number of nitrogens with one attached hydrogen (secondary N) is 1. The van der Waals surface area contributed by atoms with E-state index in [-0.39, 0.29) is 12.5 Å². The van der Waals surface area contributed by atoms with Crippen LogP contribution in [0.1, 0.15) is 19.8 Å². The van der Waals surface area contributed by atoms with Gasteiger partial charge in [-0.15, -0.1) is 0 Å². The van der Waals surface area contributed by atoms with Gasteiger partial charge in [0, 0.05) is 13.1 Å². The van der Waals surface area contributed by atoms with E-state index >= 15 is 0 Å². The fraction of sp³-hybridized carbons (Fsp3) is 0.750. The van der Waals surface area contributed by atoms with Crippen LogP contribution in [0.15, 0.2) is 0 Å². The maximum absolute atomic E-state index is 11.9. The molecule has 9 heteroatoms. The molecule has 0 aromatic heterocycles. The highest BCUT2D eigenvalue weighted by Gasteiger charge is 2.33. The van der Waals surface area contributed by atoms with Crippen LogP contribution < -0.4 is 5.32 Å². The first-order chi connectivity index (χ1) is 9.58. The van der Waals surface area contributed by atoms with Gasteiger partial charge in [-0.25, -0.2) is 0 Å². The van der Waals surface area contributed by atoms with Crippen molar-refractivity contribution >= 4 is 17.8 Å². The van der Waals surface area contributed by atoms with Crippen molar-refractivity contribution in [2.45, 2.75) is 25.9 Å². The number of carbonyl (C=O) groups excluding carboxylic acids is 2. The molecular weight excluding hydrogens is 293 g/mol. The van der Waals surface area contributed by atoms with Crippen molar-refractivity contribution in [1.29, 1.82) is 0 Å². The molecule has 1 saturated heterocycles. The molecule has 120 valence electrons. The van der Waals surface area contributed by atoms with Crippen LogP contribution >= 0.6 is 0 Å². The van der Waals surface area contributed by atoms with Crippen LogP contribution in [0.2, 0.25) is 0 Å². The van der Waals surface area contributed by atoms with Crippen LogP contribution in [0, 0.1) is 11.8 Å². The predicted octanol–water partition coefficient (Wildman–Crippen LogP) is 0.624. The van der Waals surface area contributed by atoms with Gasteiger partial charge in [0.2, 0.25) is 11.8 Å². The minimum atomic E-state index is -4.53. The third-order valence-corrected chi connectivity index (χ3v) is 3.16. The molecule has 1 heterocycles. The van der Waals surface area contributed by atoms with Gasteiger partial charge in [0.05, 0.1) is 5.92 Å². The first-order valence-corrected chi connectivity index (χ1v) is 6.42. The number of likely N-dealkylation sites (tertiary alicyclic amines) is 1. The van der Waals surface area contributed by atoms with Crippen LogP contribution in [0.25, 0.3) is 0 Å². The minimum Gasteiger partial charge on any atom is -0.481 e. The van der Waals surface area contributed by atoms with E-state index in [2.05, 4.69) is 0 Å². The molecule has 0 aliphatic carbocycles. The number of amides is 2. The quantitative estimate of drug-likeness (QED) is 0.746. The highest BCUT2D eigenvalue weighted by Crippen LogP contribution is 2.22. The number of halogens is 3. The van der Waals surface area contributed by atoms with Crippen molar-refractivity contribution in [3.8, 4) is 0 Å². The molecule has 21 heavy (non-hydrogen) atoms. The summed E-state index contributed by atoms with van der Waals surface area (Å²) in [5, 5.41) is 10.6. The van der Waals surface area contributed by atoms with Gasteiger partial charge in [0.15, 0.2) is 0 Å². The Morgan fingerprint density at radius 1 is 1.29 bits per heavy atom. The Morgan fingerprint density at radius 2 is 1.90 bits per heavy atom. The van der Waals surface area contributed by atoms with Gasteiger partial charge in [-0.05, 0) is 12.3 Å². The third kappa shape index (κ3) is 6.01. The number of nitrogens with zero attached hydrogens (tertiary/aromatic N) is 1. The fourth-order valence-corrected chi connectivity index (χ4v) is 2.24. The van der Waals surface area contributed by atoms with Crippen LogP contribution in [0.3, 0.4) is 0 Å². The van der Waals surface area contributed by atoms with Crippen molar-refractivity contribution < 1.29 is 32.7 Å². The zero-order valence-electron chi connectivity index (χ0n) is 11.4. The molecule has 0 saturated carbocycles. The normalized spacial score (nSPS) is 22.8. The van der Waals surface area contributed by atoms with E-state index in [1.165, 1.54) is 4.90 Å². The van der Waals surface area contributed by atoms with E-state index in [4.69, 9.17) is 5.11 Å². The van der Waals surface area contributed by atoms with Crippen molar-refractivity contribution in [2.24, 2.45) is 11.8 Å². The van der Waals surface area contributed by atoms with Crippen LogP contribution in [-0.4, -0.2) is 53.6 Å². The monoisotopic (exact) mass is 310 g/mol. The van der Waals surface area contributed by atoms with Crippen molar-refractivity contribution in [3.05, 3.63) is 0 Å². The zero-order valence-corrected chi connectivity index (χ0v) is 11.4. The summed E-state index contributed by atoms with van der Waals surface area (Å²) < 4.78 is 35.8. The van der Waals surface area contributed by atoms with Crippen molar-refractivity contribution in [1.82, 2.24) is 10.2 Å². The lowest BCUT2D eigenvalue weighted by molar-refractivity contribution is -0.148. The Morgan fingerprint density at radius 3 is 2.43 bits per heavy atom. The molecule has 0 aromatic rings. The maximum Gasteiger partial charge on any atom is 0.405 e. The molecule has 0 spiro atoms. The number of carboxylic acids is 1. The lowest BCUT2D eigenvalue weighted by Gasteiger charge is -2.34. The molecule has 1 rings (SSSR count). The summed E-state index contributed by atoms with van der Waals surface area (Å²) in [5.74, 6) is -3.46. The Balaban J connectivity index is 2.50. The molecule has 2 atom stereocenters. The smallest absolute Gasteiger partial charge is 0.405 e. The number of aliphatic carboxylic acids is 1. The van der Waals surface area contributed by atoms with Crippen molar-refractivity contribution in [3.63, 3.8) is 0 Å². The van der Waals surface area contributed by atoms with E-state index in [1.54, 1.807) is 12.2 Å². The average Bonchev–Trinajstić information content (AvgIpc) is 2.34. The molecule has 0 aromatic carbocycles. The summed E-state index contributed by atoms with van der Waals surface area (Å²) in [6, 6.07) is 0. The molecule has 0 bridgehead atoms. The summed E-state index contributed by atoms with van der Waals surface area (Å²) in [7, 11) is 0. The molecule has 1 aliphatic rings. The SMILES string of the molecule is CC1CC(C(=O)O)CN(C(=O)CC(=O)NCC(F)(F)F)C1. The number of hydrogen-bond donors (Lipinski definition) is 2. The second-order valence-electron chi connectivity index (χ2n) is 5.24. The Bertz CT molecular complexity index is 425. The lowest BCUT2D eigenvalue weighted by Crippen LogP contribution is -2.47. The van der Waals surface area contributed by atoms with Crippen LogP contribution in [-0.2, 0) is 14.4 Å². The van der Waals surface area contributed by atoms with E-state index in [9.17, 15) is 27.6 Å². The maximum atomic E-state index is 11.9. The topological polar surface area (TPSA) is 86.7 Å². The zero-order chi connectivity index (χ0) is 16.2. The molecule has 0 radical (unpaired) electrons. The van der Waals surface area contributed by atoms with Crippen LogP contribution in [0.5, 0.6) is 0 Å². The van der Waals surface area contributed by atoms with Crippen molar-refractivity contribution in [2.75, 3.05) is 19.6 Å². The van der Waals surface area contributed by atoms with Gasteiger partial charge in [-0.1, -0.05) is 6.92 Å². The Hall–Kier alpha value is -1.80. The largest absolute Gasteiger partial charge is 0.481 e. The standard InChI is InChI=1S/C12H17F3N2O4/c1-7-2-8(11(20)21)5-17(4-7)10(19)3-9(18)16-6-12(13,14)15/h7-8H,2-6H2,1H3,(H,16,18)(H,20,21). The first-order valence-electron chi connectivity index (χ1n) is 6.42. The van der Waals surface area contributed by atoms with Gasteiger partial charge < -0.3 is 15.3 Å².